The number of rotatable bonds is 3. The summed E-state index contributed by atoms with van der Waals surface area (Å²) in [6.45, 7) is 9.29. The third kappa shape index (κ3) is 2.51. The molecule has 0 radical (unpaired) electrons. The summed E-state index contributed by atoms with van der Waals surface area (Å²) in [7, 11) is 0. The number of carbonyl (C=O) groups is 1. The highest BCUT2D eigenvalue weighted by molar-refractivity contribution is 7.11. The number of amides is 1. The van der Waals surface area contributed by atoms with Gasteiger partial charge in [0, 0.05) is 29.4 Å². The summed E-state index contributed by atoms with van der Waals surface area (Å²) in [5.41, 5.74) is -0.0160. The van der Waals surface area contributed by atoms with E-state index < -0.39 is 0 Å². The molecule has 4 heteroatoms. The van der Waals surface area contributed by atoms with E-state index in [4.69, 9.17) is 0 Å². The number of aryl methyl sites for hydroxylation is 1. The molecular weight excluding hydrogens is 268 g/mol. The van der Waals surface area contributed by atoms with E-state index in [1.807, 2.05) is 16.2 Å². The Bertz CT molecular complexity index is 488. The predicted molar refractivity (Wildman–Crippen MR) is 82.9 cm³/mol. The van der Waals surface area contributed by atoms with Gasteiger partial charge in [0.1, 0.15) is 0 Å². The Balaban J connectivity index is 1.58. The summed E-state index contributed by atoms with van der Waals surface area (Å²) < 4.78 is 0. The maximum absolute atomic E-state index is 12.5. The molecule has 3 rings (SSSR count). The van der Waals surface area contributed by atoms with Gasteiger partial charge in [-0.1, -0.05) is 0 Å². The Kier molecular flexibility index (Phi) is 3.87. The van der Waals surface area contributed by atoms with E-state index in [0.717, 1.165) is 52.0 Å². The van der Waals surface area contributed by atoms with Gasteiger partial charge in [0.05, 0.1) is 5.41 Å². The predicted octanol–water partition coefficient (Wildman–Crippen LogP) is 2.89. The summed E-state index contributed by atoms with van der Waals surface area (Å²) >= 11 is 1.89. The highest BCUT2D eigenvalue weighted by Crippen LogP contribution is 2.41. The minimum Gasteiger partial charge on any atom is -0.342 e. The Hall–Kier alpha value is -0.870. The third-order valence-electron chi connectivity index (χ3n) is 4.97. The Morgan fingerprint density at radius 3 is 2.45 bits per heavy atom. The maximum atomic E-state index is 12.5. The normalized spacial score (nSPS) is 22.9. The average Bonchev–Trinajstić information content (AvgIpc) is 2.98. The van der Waals surface area contributed by atoms with Crippen LogP contribution in [0.25, 0.3) is 0 Å². The zero-order chi connectivity index (χ0) is 14.2. The fourth-order valence-corrected chi connectivity index (χ4v) is 4.52. The smallest absolute Gasteiger partial charge is 0.228 e. The molecule has 1 aromatic rings. The van der Waals surface area contributed by atoms with Crippen molar-refractivity contribution in [2.24, 2.45) is 5.41 Å². The van der Waals surface area contributed by atoms with Gasteiger partial charge in [-0.2, -0.15) is 0 Å². The van der Waals surface area contributed by atoms with Gasteiger partial charge in [-0.15, -0.1) is 11.3 Å². The standard InChI is InChI=1S/C16H24N2OS/c1-3-18-11-8-16(15(18)19)6-9-17(10-7-16)12-14-5-4-13(2)20-14/h4-5H,3,6-12H2,1-2H3. The second kappa shape index (κ2) is 5.49. The van der Waals surface area contributed by atoms with Crippen molar-refractivity contribution in [3.05, 3.63) is 21.9 Å². The Morgan fingerprint density at radius 2 is 1.90 bits per heavy atom. The third-order valence-corrected chi connectivity index (χ3v) is 5.96. The first-order valence-corrected chi connectivity index (χ1v) is 8.52. The summed E-state index contributed by atoms with van der Waals surface area (Å²) in [6.07, 6.45) is 3.17. The molecule has 20 heavy (non-hydrogen) atoms. The lowest BCUT2D eigenvalue weighted by Gasteiger charge is -2.37. The summed E-state index contributed by atoms with van der Waals surface area (Å²) in [4.78, 5) is 19.9. The first-order valence-electron chi connectivity index (χ1n) is 7.70. The Labute approximate surface area is 125 Å². The van der Waals surface area contributed by atoms with Crippen molar-refractivity contribution < 1.29 is 4.79 Å². The van der Waals surface area contributed by atoms with Crippen LogP contribution < -0.4 is 0 Å². The molecule has 0 saturated carbocycles. The van der Waals surface area contributed by atoms with Crippen molar-refractivity contribution in [2.75, 3.05) is 26.2 Å². The first-order chi connectivity index (χ1) is 9.63. The zero-order valence-corrected chi connectivity index (χ0v) is 13.3. The van der Waals surface area contributed by atoms with Crippen LogP contribution in [-0.4, -0.2) is 41.9 Å². The fourth-order valence-electron chi connectivity index (χ4n) is 3.59. The second-order valence-corrected chi connectivity index (χ2v) is 7.58. The topological polar surface area (TPSA) is 23.6 Å². The van der Waals surface area contributed by atoms with Crippen LogP contribution in [-0.2, 0) is 11.3 Å². The van der Waals surface area contributed by atoms with E-state index in [2.05, 4.69) is 30.9 Å². The quantitative estimate of drug-likeness (QED) is 0.855. The van der Waals surface area contributed by atoms with Gasteiger partial charge in [0.25, 0.3) is 0 Å². The van der Waals surface area contributed by atoms with E-state index in [-0.39, 0.29) is 5.41 Å². The van der Waals surface area contributed by atoms with E-state index in [1.165, 1.54) is 9.75 Å². The average molecular weight is 292 g/mol. The molecule has 2 saturated heterocycles. The molecule has 0 aromatic carbocycles. The maximum Gasteiger partial charge on any atom is 0.228 e. The Morgan fingerprint density at radius 1 is 1.20 bits per heavy atom. The zero-order valence-electron chi connectivity index (χ0n) is 12.5. The molecule has 0 atom stereocenters. The number of thiophene rings is 1. The minimum atomic E-state index is -0.0160. The van der Waals surface area contributed by atoms with Gasteiger partial charge in [-0.25, -0.2) is 0 Å². The van der Waals surface area contributed by atoms with Gasteiger partial charge in [0.15, 0.2) is 0 Å². The molecule has 0 aliphatic carbocycles. The van der Waals surface area contributed by atoms with Crippen LogP contribution in [0.5, 0.6) is 0 Å². The minimum absolute atomic E-state index is 0.0160. The van der Waals surface area contributed by atoms with Crippen molar-refractivity contribution in [3.8, 4) is 0 Å². The number of likely N-dealkylation sites (tertiary alicyclic amines) is 2. The van der Waals surface area contributed by atoms with Crippen LogP contribution in [0, 0.1) is 12.3 Å². The van der Waals surface area contributed by atoms with Gasteiger partial charge in [-0.05, 0) is 58.3 Å². The number of piperidine rings is 1. The summed E-state index contributed by atoms with van der Waals surface area (Å²) in [6, 6.07) is 4.44. The molecule has 2 aliphatic rings. The van der Waals surface area contributed by atoms with Crippen LogP contribution in [0.15, 0.2) is 12.1 Å². The van der Waals surface area contributed by atoms with Gasteiger partial charge < -0.3 is 4.90 Å². The lowest BCUT2D eigenvalue weighted by atomic mass is 9.77. The van der Waals surface area contributed by atoms with Crippen LogP contribution in [0.3, 0.4) is 0 Å². The highest BCUT2D eigenvalue weighted by atomic mass is 32.1. The van der Waals surface area contributed by atoms with Gasteiger partial charge >= 0.3 is 0 Å². The van der Waals surface area contributed by atoms with E-state index in [9.17, 15) is 4.79 Å². The molecule has 2 fully saturated rings. The van der Waals surface area contributed by atoms with Crippen molar-refractivity contribution in [3.63, 3.8) is 0 Å². The van der Waals surface area contributed by atoms with E-state index >= 15 is 0 Å². The SMILES string of the molecule is CCN1CCC2(CCN(Cc3ccc(C)s3)CC2)C1=O. The van der Waals surface area contributed by atoms with Crippen LogP contribution in [0.4, 0.5) is 0 Å². The molecule has 1 spiro atoms. The fraction of sp³-hybridized carbons (Fsp3) is 0.688. The molecule has 3 heterocycles. The molecule has 110 valence electrons. The van der Waals surface area contributed by atoms with Crippen LogP contribution in [0.1, 0.15) is 35.9 Å². The molecule has 1 aromatic heterocycles. The van der Waals surface area contributed by atoms with Crippen molar-refractivity contribution in [2.45, 2.75) is 39.7 Å². The number of hydrogen-bond acceptors (Lipinski definition) is 3. The second-order valence-electron chi connectivity index (χ2n) is 6.20. The van der Waals surface area contributed by atoms with Gasteiger partial charge in [-0.3, -0.25) is 9.69 Å². The van der Waals surface area contributed by atoms with E-state index in [0.29, 0.717) is 5.91 Å². The molecule has 3 nitrogen and oxygen atoms in total. The van der Waals surface area contributed by atoms with E-state index in [1.54, 1.807) is 0 Å². The number of hydrogen-bond donors (Lipinski definition) is 0. The first kappa shape index (κ1) is 14.1. The summed E-state index contributed by atoms with van der Waals surface area (Å²) in [5.74, 6) is 0.423. The van der Waals surface area contributed by atoms with Crippen LogP contribution >= 0.6 is 11.3 Å². The molecule has 1 amide bonds. The largest absolute Gasteiger partial charge is 0.342 e. The number of carbonyl (C=O) groups excluding carboxylic acids is 1. The lowest BCUT2D eigenvalue weighted by Crippen LogP contribution is -2.44. The molecule has 2 aliphatic heterocycles. The number of nitrogens with zero attached hydrogens (tertiary/aromatic N) is 2. The van der Waals surface area contributed by atoms with Crippen LogP contribution in [0.2, 0.25) is 0 Å². The highest BCUT2D eigenvalue weighted by Gasteiger charge is 2.47. The van der Waals surface area contributed by atoms with Crippen molar-refractivity contribution >= 4 is 17.2 Å². The molecule has 0 bridgehead atoms. The van der Waals surface area contributed by atoms with Crippen molar-refractivity contribution in [1.29, 1.82) is 0 Å². The molecular formula is C16H24N2OS. The summed E-state index contributed by atoms with van der Waals surface area (Å²) in [5, 5.41) is 0. The lowest BCUT2D eigenvalue weighted by molar-refractivity contribution is -0.138. The molecule has 0 N–H and O–H groups in total. The molecule has 0 unspecified atom stereocenters. The van der Waals surface area contributed by atoms with Gasteiger partial charge in [0.2, 0.25) is 5.91 Å². The van der Waals surface area contributed by atoms with Crippen molar-refractivity contribution in [1.82, 2.24) is 9.80 Å². The monoisotopic (exact) mass is 292 g/mol.